The minimum absolute atomic E-state index is 0.0331. The van der Waals surface area contributed by atoms with Crippen LogP contribution in [0.5, 0.6) is 5.75 Å². The van der Waals surface area contributed by atoms with E-state index in [1.165, 1.54) is 0 Å². The van der Waals surface area contributed by atoms with E-state index in [0.717, 1.165) is 42.6 Å². The highest BCUT2D eigenvalue weighted by atomic mass is 16.7. The van der Waals surface area contributed by atoms with Crippen LogP contribution in [0.3, 0.4) is 0 Å². The molecule has 6 heteroatoms. The molecule has 0 spiro atoms. The molecule has 1 amide bonds. The highest BCUT2D eigenvalue weighted by Crippen LogP contribution is 2.25. The smallest absolute Gasteiger partial charge is 0.405 e. The number of amides is 1. The lowest BCUT2D eigenvalue weighted by Gasteiger charge is -2.19. The SMILES string of the molecule is O=C(O)NC(c1ccccc1)c1cccc(OCCCCCC2OCCO2)c1. The van der Waals surface area contributed by atoms with Crippen LogP contribution in [0.1, 0.15) is 42.9 Å². The molecule has 0 aliphatic carbocycles. The lowest BCUT2D eigenvalue weighted by atomic mass is 9.98. The van der Waals surface area contributed by atoms with Gasteiger partial charge in [0.05, 0.1) is 25.9 Å². The molecule has 0 saturated carbocycles. The van der Waals surface area contributed by atoms with Crippen molar-refractivity contribution in [3.8, 4) is 5.75 Å². The molecule has 3 rings (SSSR count). The van der Waals surface area contributed by atoms with Crippen LogP contribution in [-0.4, -0.2) is 37.3 Å². The summed E-state index contributed by atoms with van der Waals surface area (Å²) in [5, 5.41) is 11.8. The van der Waals surface area contributed by atoms with E-state index in [1.807, 2.05) is 54.6 Å². The van der Waals surface area contributed by atoms with Gasteiger partial charge in [0.15, 0.2) is 6.29 Å². The number of hydrogen-bond donors (Lipinski definition) is 2. The van der Waals surface area contributed by atoms with Crippen LogP contribution in [0.25, 0.3) is 0 Å². The Balaban J connectivity index is 1.51. The Morgan fingerprint density at radius 2 is 1.79 bits per heavy atom. The Labute approximate surface area is 165 Å². The molecular weight excluding hydrogens is 358 g/mol. The zero-order valence-corrected chi connectivity index (χ0v) is 15.9. The summed E-state index contributed by atoms with van der Waals surface area (Å²) in [4.78, 5) is 11.2. The van der Waals surface area contributed by atoms with Crippen LogP contribution < -0.4 is 10.1 Å². The number of carboxylic acid groups (broad SMARTS) is 1. The highest BCUT2D eigenvalue weighted by molar-refractivity contribution is 5.66. The lowest BCUT2D eigenvalue weighted by Crippen LogP contribution is -2.27. The summed E-state index contributed by atoms with van der Waals surface area (Å²) in [6.45, 7) is 2.02. The minimum Gasteiger partial charge on any atom is -0.494 e. The second kappa shape index (κ2) is 10.7. The van der Waals surface area contributed by atoms with Gasteiger partial charge in [0.25, 0.3) is 0 Å². The Kier molecular flexibility index (Phi) is 7.70. The van der Waals surface area contributed by atoms with Crippen molar-refractivity contribution in [1.29, 1.82) is 0 Å². The topological polar surface area (TPSA) is 77.0 Å². The van der Waals surface area contributed by atoms with Gasteiger partial charge in [-0.15, -0.1) is 0 Å². The first-order chi connectivity index (χ1) is 13.7. The van der Waals surface area contributed by atoms with Crippen molar-refractivity contribution in [3.05, 3.63) is 65.7 Å². The summed E-state index contributed by atoms with van der Waals surface area (Å²) in [5.74, 6) is 0.744. The molecule has 150 valence electrons. The predicted molar refractivity (Wildman–Crippen MR) is 106 cm³/mol. The predicted octanol–water partition coefficient (Wildman–Crippen LogP) is 4.36. The molecule has 1 heterocycles. The van der Waals surface area contributed by atoms with Crippen LogP contribution in [0.15, 0.2) is 54.6 Å². The first-order valence-corrected chi connectivity index (χ1v) is 9.73. The molecule has 0 bridgehead atoms. The fraction of sp³-hybridized carbons (Fsp3) is 0.409. The number of nitrogens with one attached hydrogen (secondary N) is 1. The lowest BCUT2D eigenvalue weighted by molar-refractivity contribution is -0.0480. The Hall–Kier alpha value is -2.57. The van der Waals surface area contributed by atoms with Gasteiger partial charge in [-0.3, -0.25) is 0 Å². The molecular formula is C22H27NO5. The third-order valence-corrected chi connectivity index (χ3v) is 4.64. The quantitative estimate of drug-likeness (QED) is 0.595. The standard InChI is InChI=1S/C22H27NO5/c24-22(25)23-21(17-8-3-1-4-9-17)18-10-7-11-19(16-18)26-13-6-2-5-12-20-27-14-15-28-20/h1,3-4,7-11,16,20-21,23H,2,5-6,12-15H2,(H,24,25). The second-order valence-corrected chi connectivity index (χ2v) is 6.73. The van der Waals surface area contributed by atoms with Crippen molar-refractivity contribution in [2.24, 2.45) is 0 Å². The van der Waals surface area contributed by atoms with E-state index in [-0.39, 0.29) is 6.29 Å². The van der Waals surface area contributed by atoms with Crippen LogP contribution in [0.2, 0.25) is 0 Å². The van der Waals surface area contributed by atoms with Crippen LogP contribution in [0, 0.1) is 0 Å². The van der Waals surface area contributed by atoms with Crippen molar-refractivity contribution in [2.45, 2.75) is 38.0 Å². The third-order valence-electron chi connectivity index (χ3n) is 4.64. The van der Waals surface area contributed by atoms with Gasteiger partial charge in [-0.1, -0.05) is 42.5 Å². The van der Waals surface area contributed by atoms with Gasteiger partial charge in [0.2, 0.25) is 0 Å². The first-order valence-electron chi connectivity index (χ1n) is 9.73. The van der Waals surface area contributed by atoms with Gasteiger partial charge in [0.1, 0.15) is 5.75 Å². The van der Waals surface area contributed by atoms with Crippen molar-refractivity contribution in [3.63, 3.8) is 0 Å². The molecule has 28 heavy (non-hydrogen) atoms. The number of hydrogen-bond acceptors (Lipinski definition) is 4. The van der Waals surface area contributed by atoms with E-state index in [4.69, 9.17) is 14.2 Å². The van der Waals surface area contributed by atoms with Gasteiger partial charge in [0, 0.05) is 0 Å². The fourth-order valence-corrected chi connectivity index (χ4v) is 3.27. The summed E-state index contributed by atoms with van der Waals surface area (Å²) in [7, 11) is 0. The van der Waals surface area contributed by atoms with E-state index in [9.17, 15) is 9.90 Å². The van der Waals surface area contributed by atoms with Crippen LogP contribution in [-0.2, 0) is 9.47 Å². The van der Waals surface area contributed by atoms with Gasteiger partial charge < -0.3 is 24.6 Å². The molecule has 2 N–H and O–H groups in total. The Morgan fingerprint density at radius 3 is 2.54 bits per heavy atom. The molecule has 6 nitrogen and oxygen atoms in total. The molecule has 2 aromatic rings. The summed E-state index contributed by atoms with van der Waals surface area (Å²) in [6, 6.07) is 16.7. The Morgan fingerprint density at radius 1 is 1.04 bits per heavy atom. The summed E-state index contributed by atoms with van der Waals surface area (Å²) >= 11 is 0. The maximum Gasteiger partial charge on any atom is 0.405 e. The van der Waals surface area contributed by atoms with E-state index >= 15 is 0 Å². The Bertz CT molecular complexity index is 731. The summed E-state index contributed by atoms with van der Waals surface area (Å²) in [6.07, 6.45) is 2.88. The average molecular weight is 385 g/mol. The van der Waals surface area contributed by atoms with Gasteiger partial charge >= 0.3 is 6.09 Å². The fourth-order valence-electron chi connectivity index (χ4n) is 3.27. The molecule has 0 aromatic heterocycles. The van der Waals surface area contributed by atoms with Crippen LogP contribution in [0.4, 0.5) is 4.79 Å². The summed E-state index contributed by atoms with van der Waals surface area (Å²) in [5.41, 5.74) is 1.74. The van der Waals surface area contributed by atoms with Crippen molar-refractivity contribution in [2.75, 3.05) is 19.8 Å². The number of unbranched alkanes of at least 4 members (excludes halogenated alkanes) is 2. The zero-order valence-electron chi connectivity index (χ0n) is 15.9. The van der Waals surface area contributed by atoms with Crippen LogP contribution >= 0.6 is 0 Å². The third kappa shape index (κ3) is 6.25. The average Bonchev–Trinajstić information content (AvgIpc) is 3.23. The number of carbonyl (C=O) groups is 1. The van der Waals surface area contributed by atoms with Gasteiger partial charge in [-0.25, -0.2) is 4.79 Å². The summed E-state index contributed by atoms with van der Waals surface area (Å²) < 4.78 is 16.7. The van der Waals surface area contributed by atoms with E-state index in [0.29, 0.717) is 19.8 Å². The largest absolute Gasteiger partial charge is 0.494 e. The molecule has 1 atom stereocenters. The van der Waals surface area contributed by atoms with Crippen molar-refractivity contribution < 1.29 is 24.1 Å². The maximum absolute atomic E-state index is 11.2. The number of ether oxygens (including phenoxy) is 3. The molecule has 2 aromatic carbocycles. The van der Waals surface area contributed by atoms with Gasteiger partial charge in [-0.2, -0.15) is 0 Å². The molecule has 1 fully saturated rings. The second-order valence-electron chi connectivity index (χ2n) is 6.73. The zero-order chi connectivity index (χ0) is 19.6. The number of benzene rings is 2. The van der Waals surface area contributed by atoms with Gasteiger partial charge in [-0.05, 0) is 48.9 Å². The van der Waals surface area contributed by atoms with Crippen molar-refractivity contribution in [1.82, 2.24) is 5.32 Å². The number of rotatable bonds is 10. The molecule has 1 unspecified atom stereocenters. The molecule has 0 radical (unpaired) electrons. The minimum atomic E-state index is -1.06. The molecule has 1 aliphatic rings. The molecule has 1 aliphatic heterocycles. The monoisotopic (exact) mass is 385 g/mol. The normalized spacial score (nSPS) is 15.3. The van der Waals surface area contributed by atoms with E-state index in [1.54, 1.807) is 0 Å². The van der Waals surface area contributed by atoms with E-state index in [2.05, 4.69) is 5.32 Å². The van der Waals surface area contributed by atoms with Crippen molar-refractivity contribution >= 4 is 6.09 Å². The highest BCUT2D eigenvalue weighted by Gasteiger charge is 2.17. The maximum atomic E-state index is 11.2. The van der Waals surface area contributed by atoms with E-state index < -0.39 is 12.1 Å². The first kappa shape index (κ1) is 20.2. The molecule has 1 saturated heterocycles.